The zero-order valence-corrected chi connectivity index (χ0v) is 10.4. The number of fused-ring (bicyclic) bond motifs is 1. The quantitative estimate of drug-likeness (QED) is 0.736. The molecule has 5 heteroatoms. The Balaban J connectivity index is 2.03. The molecule has 0 saturated heterocycles. The third kappa shape index (κ3) is 1.98. The van der Waals surface area contributed by atoms with E-state index < -0.39 is 18.0 Å². The number of hydrogen-bond donors (Lipinski definition) is 3. The summed E-state index contributed by atoms with van der Waals surface area (Å²) in [6, 6.07) is 10.2. The SMILES string of the molecule is O=C1c2ccc(O)cc2O[C@H](c2ccc(O)cc2)[C@H]1O. The fraction of sp³-hybridized carbons (Fsp3) is 0.133. The first-order valence-corrected chi connectivity index (χ1v) is 6.07. The van der Waals surface area contributed by atoms with Gasteiger partial charge in [-0.1, -0.05) is 12.1 Å². The Labute approximate surface area is 114 Å². The molecule has 5 nitrogen and oxygen atoms in total. The second kappa shape index (κ2) is 4.54. The Morgan fingerprint density at radius 3 is 2.30 bits per heavy atom. The summed E-state index contributed by atoms with van der Waals surface area (Å²) in [4.78, 5) is 12.1. The molecule has 0 aliphatic carbocycles. The van der Waals surface area contributed by atoms with Crippen molar-refractivity contribution in [1.82, 2.24) is 0 Å². The highest BCUT2D eigenvalue weighted by molar-refractivity contribution is 6.03. The van der Waals surface area contributed by atoms with Crippen LogP contribution in [0, 0.1) is 0 Å². The molecule has 0 bridgehead atoms. The molecule has 0 aromatic heterocycles. The van der Waals surface area contributed by atoms with Gasteiger partial charge in [-0.2, -0.15) is 0 Å². The Kier molecular flexibility index (Phi) is 2.84. The average molecular weight is 272 g/mol. The Morgan fingerprint density at radius 2 is 1.60 bits per heavy atom. The number of carbonyl (C=O) groups is 1. The molecular formula is C15H12O5. The van der Waals surface area contributed by atoms with Gasteiger partial charge in [-0.05, 0) is 29.8 Å². The van der Waals surface area contributed by atoms with Gasteiger partial charge < -0.3 is 20.1 Å². The van der Waals surface area contributed by atoms with Crippen LogP contribution in [-0.2, 0) is 0 Å². The van der Waals surface area contributed by atoms with Gasteiger partial charge in [0.05, 0.1) is 5.56 Å². The van der Waals surface area contributed by atoms with Crippen molar-refractivity contribution in [1.29, 1.82) is 0 Å². The van der Waals surface area contributed by atoms with Crippen molar-refractivity contribution in [2.24, 2.45) is 0 Å². The molecule has 3 N–H and O–H groups in total. The van der Waals surface area contributed by atoms with E-state index in [1.807, 2.05) is 0 Å². The van der Waals surface area contributed by atoms with E-state index in [1.54, 1.807) is 12.1 Å². The van der Waals surface area contributed by atoms with Crippen molar-refractivity contribution >= 4 is 5.78 Å². The second-order valence-corrected chi connectivity index (χ2v) is 4.62. The van der Waals surface area contributed by atoms with Crippen molar-refractivity contribution in [2.45, 2.75) is 12.2 Å². The number of rotatable bonds is 1. The molecule has 2 atom stereocenters. The van der Waals surface area contributed by atoms with Crippen LogP contribution < -0.4 is 4.74 Å². The van der Waals surface area contributed by atoms with Gasteiger partial charge in [-0.15, -0.1) is 0 Å². The zero-order valence-electron chi connectivity index (χ0n) is 10.4. The number of benzene rings is 2. The zero-order chi connectivity index (χ0) is 14.3. The van der Waals surface area contributed by atoms with Crippen molar-refractivity contribution in [3.63, 3.8) is 0 Å². The van der Waals surface area contributed by atoms with Gasteiger partial charge in [0.15, 0.2) is 18.0 Å². The normalized spacial score (nSPS) is 21.1. The Morgan fingerprint density at radius 1 is 0.950 bits per heavy atom. The number of ketones is 1. The van der Waals surface area contributed by atoms with Crippen LogP contribution in [-0.4, -0.2) is 27.2 Å². The topological polar surface area (TPSA) is 87.0 Å². The number of aliphatic hydroxyl groups is 1. The van der Waals surface area contributed by atoms with Crippen LogP contribution in [0.3, 0.4) is 0 Å². The summed E-state index contributed by atoms with van der Waals surface area (Å²) in [6.07, 6.45) is -2.19. The van der Waals surface area contributed by atoms with Gasteiger partial charge in [0.2, 0.25) is 0 Å². The predicted molar refractivity (Wildman–Crippen MR) is 69.9 cm³/mol. The van der Waals surface area contributed by atoms with E-state index in [1.165, 1.54) is 30.3 Å². The third-order valence-electron chi connectivity index (χ3n) is 3.26. The highest BCUT2D eigenvalue weighted by Crippen LogP contribution is 2.37. The molecule has 0 amide bonds. The van der Waals surface area contributed by atoms with Crippen molar-refractivity contribution in [2.75, 3.05) is 0 Å². The molecule has 2 aromatic rings. The molecule has 3 rings (SSSR count). The van der Waals surface area contributed by atoms with Crippen molar-refractivity contribution < 1.29 is 24.9 Å². The number of Topliss-reactive ketones (excluding diaryl/α,β-unsaturated/α-hetero) is 1. The number of carbonyl (C=O) groups excluding carboxylic acids is 1. The van der Waals surface area contributed by atoms with Gasteiger partial charge in [0.1, 0.15) is 17.2 Å². The van der Waals surface area contributed by atoms with Gasteiger partial charge in [-0.25, -0.2) is 0 Å². The molecule has 102 valence electrons. The minimum Gasteiger partial charge on any atom is -0.508 e. The molecular weight excluding hydrogens is 260 g/mol. The lowest BCUT2D eigenvalue weighted by molar-refractivity contribution is 0.0215. The molecule has 0 fully saturated rings. The maximum absolute atomic E-state index is 12.1. The molecule has 0 radical (unpaired) electrons. The average Bonchev–Trinajstić information content (AvgIpc) is 2.44. The van der Waals surface area contributed by atoms with Crippen LogP contribution in [0.25, 0.3) is 0 Å². The van der Waals surface area contributed by atoms with Crippen molar-refractivity contribution in [3.8, 4) is 17.2 Å². The Hall–Kier alpha value is -2.53. The maximum atomic E-state index is 12.1. The number of hydrogen-bond acceptors (Lipinski definition) is 5. The summed E-state index contributed by atoms with van der Waals surface area (Å²) in [5, 5.41) is 28.8. The molecule has 1 aliphatic rings. The van der Waals surface area contributed by atoms with Crippen LogP contribution >= 0.6 is 0 Å². The van der Waals surface area contributed by atoms with Gasteiger partial charge in [-0.3, -0.25) is 4.79 Å². The number of phenols is 2. The summed E-state index contributed by atoms with van der Waals surface area (Å²) < 4.78 is 5.61. The van der Waals surface area contributed by atoms with Gasteiger partial charge in [0, 0.05) is 6.07 Å². The summed E-state index contributed by atoms with van der Waals surface area (Å²) in [5.74, 6) is -0.150. The minimum absolute atomic E-state index is 0.0163. The van der Waals surface area contributed by atoms with Crippen LogP contribution in [0.5, 0.6) is 17.2 Å². The first-order chi connectivity index (χ1) is 9.56. The number of phenolic OH excluding ortho intramolecular Hbond substituents is 2. The summed E-state index contributed by atoms with van der Waals surface area (Å²) in [5.41, 5.74) is 0.808. The third-order valence-corrected chi connectivity index (χ3v) is 3.26. The number of ether oxygens (including phenoxy) is 1. The molecule has 20 heavy (non-hydrogen) atoms. The summed E-state index contributed by atoms with van der Waals surface area (Å²) in [6.45, 7) is 0. The first-order valence-electron chi connectivity index (χ1n) is 6.07. The van der Waals surface area contributed by atoms with E-state index in [9.17, 15) is 20.1 Å². The lowest BCUT2D eigenvalue weighted by Crippen LogP contribution is -2.36. The highest BCUT2D eigenvalue weighted by atomic mass is 16.5. The fourth-order valence-electron chi connectivity index (χ4n) is 2.22. The van der Waals surface area contributed by atoms with Crippen molar-refractivity contribution in [3.05, 3.63) is 53.6 Å². The molecule has 0 spiro atoms. The van der Waals surface area contributed by atoms with Crippen LogP contribution in [0.15, 0.2) is 42.5 Å². The second-order valence-electron chi connectivity index (χ2n) is 4.62. The Bertz CT molecular complexity index is 662. The summed E-state index contributed by atoms with van der Waals surface area (Å²) >= 11 is 0. The molecule has 1 heterocycles. The number of aromatic hydroxyl groups is 2. The van der Waals surface area contributed by atoms with E-state index in [2.05, 4.69) is 0 Å². The predicted octanol–water partition coefficient (Wildman–Crippen LogP) is 1.78. The highest BCUT2D eigenvalue weighted by Gasteiger charge is 2.36. The van der Waals surface area contributed by atoms with E-state index in [-0.39, 0.29) is 22.8 Å². The van der Waals surface area contributed by atoms with Gasteiger partial charge in [0.25, 0.3) is 0 Å². The van der Waals surface area contributed by atoms with Crippen LogP contribution in [0.4, 0.5) is 0 Å². The maximum Gasteiger partial charge on any atom is 0.199 e. The largest absolute Gasteiger partial charge is 0.508 e. The monoisotopic (exact) mass is 272 g/mol. The molecule has 0 unspecified atom stereocenters. The minimum atomic E-state index is -1.32. The molecule has 1 aliphatic heterocycles. The lowest BCUT2D eigenvalue weighted by atomic mass is 9.93. The summed E-state index contributed by atoms with van der Waals surface area (Å²) in [7, 11) is 0. The van der Waals surface area contributed by atoms with E-state index in [0.717, 1.165) is 0 Å². The van der Waals surface area contributed by atoms with Gasteiger partial charge >= 0.3 is 0 Å². The van der Waals surface area contributed by atoms with Crippen LogP contribution in [0.2, 0.25) is 0 Å². The first kappa shape index (κ1) is 12.5. The number of aliphatic hydroxyl groups excluding tert-OH is 1. The lowest BCUT2D eigenvalue weighted by Gasteiger charge is -2.29. The van der Waals surface area contributed by atoms with E-state index >= 15 is 0 Å². The standard InChI is InChI=1S/C15H12O5/c16-9-3-1-8(2-4-9)15-14(19)13(18)11-6-5-10(17)7-12(11)20-15/h1-7,14-17,19H/t14-,15+/m0/s1. The van der Waals surface area contributed by atoms with E-state index in [0.29, 0.717) is 5.56 Å². The molecule has 0 saturated carbocycles. The smallest absolute Gasteiger partial charge is 0.199 e. The van der Waals surface area contributed by atoms with Crippen LogP contribution in [0.1, 0.15) is 22.0 Å². The van der Waals surface area contributed by atoms with E-state index in [4.69, 9.17) is 4.74 Å². The fourth-order valence-corrected chi connectivity index (χ4v) is 2.22. The molecule has 2 aromatic carbocycles.